The van der Waals surface area contributed by atoms with Crippen molar-refractivity contribution in [3.8, 4) is 0 Å². The molecule has 0 radical (unpaired) electrons. The van der Waals surface area contributed by atoms with Crippen molar-refractivity contribution in [1.82, 2.24) is 9.47 Å². The molecule has 0 N–H and O–H groups in total. The molecule has 0 bridgehead atoms. The van der Waals surface area contributed by atoms with Gasteiger partial charge in [0.05, 0.1) is 27.2 Å². The average Bonchev–Trinajstić information content (AvgIpc) is 3.16. The molecule has 1 saturated heterocycles. The molecule has 7 heteroatoms. The first kappa shape index (κ1) is 18.5. The monoisotopic (exact) mass is 426 g/mol. The quantitative estimate of drug-likeness (QED) is 0.669. The lowest BCUT2D eigenvalue weighted by atomic mass is 9.97. The summed E-state index contributed by atoms with van der Waals surface area (Å²) >= 11 is 5.25. The largest absolute Gasteiger partial charge is 0.466 e. The molecule has 0 aromatic carbocycles. The van der Waals surface area contributed by atoms with Crippen molar-refractivity contribution in [2.45, 2.75) is 39.7 Å². The van der Waals surface area contributed by atoms with Gasteiger partial charge >= 0.3 is 5.97 Å². The van der Waals surface area contributed by atoms with Crippen LogP contribution in [0.5, 0.6) is 0 Å². The molecule has 0 spiro atoms. The second-order valence-corrected chi connectivity index (χ2v) is 8.06. The molecule has 1 fully saturated rings. The predicted molar refractivity (Wildman–Crippen MR) is 103 cm³/mol. The molecule has 0 atom stereocenters. The fourth-order valence-electron chi connectivity index (χ4n) is 3.40. The van der Waals surface area contributed by atoms with Crippen LogP contribution in [0, 0.1) is 5.92 Å². The number of ether oxygens (including phenoxy) is 1. The number of aromatic nitrogens is 1. The Labute approximate surface area is 160 Å². The van der Waals surface area contributed by atoms with Crippen LogP contribution in [0.3, 0.4) is 0 Å². The number of rotatable bonds is 5. The minimum atomic E-state index is -0.131. The van der Waals surface area contributed by atoms with Crippen LogP contribution in [0.2, 0.25) is 0 Å². The van der Waals surface area contributed by atoms with Gasteiger partial charge in [-0.15, -0.1) is 11.3 Å². The van der Waals surface area contributed by atoms with Crippen LogP contribution in [0.25, 0.3) is 10.2 Å². The van der Waals surface area contributed by atoms with E-state index in [4.69, 9.17) is 4.74 Å². The Morgan fingerprint density at radius 3 is 2.68 bits per heavy atom. The zero-order chi connectivity index (χ0) is 18.0. The van der Waals surface area contributed by atoms with Crippen LogP contribution in [0.15, 0.2) is 15.9 Å². The molecule has 1 amide bonds. The maximum Gasteiger partial charge on any atom is 0.309 e. The van der Waals surface area contributed by atoms with Crippen LogP contribution < -0.4 is 0 Å². The van der Waals surface area contributed by atoms with Crippen molar-refractivity contribution in [2.75, 3.05) is 19.7 Å². The number of likely N-dealkylation sites (tertiary alicyclic amines) is 1. The Morgan fingerprint density at radius 1 is 1.32 bits per heavy atom. The highest BCUT2D eigenvalue weighted by Crippen LogP contribution is 2.34. The summed E-state index contributed by atoms with van der Waals surface area (Å²) in [6.45, 7) is 6.38. The van der Waals surface area contributed by atoms with Crippen molar-refractivity contribution in [3.63, 3.8) is 0 Å². The second kappa shape index (κ2) is 7.91. The third kappa shape index (κ3) is 3.62. The number of carbonyl (C=O) groups is 2. The van der Waals surface area contributed by atoms with E-state index in [1.54, 1.807) is 11.3 Å². The van der Waals surface area contributed by atoms with Crippen LogP contribution in [0.1, 0.15) is 43.6 Å². The first-order valence-corrected chi connectivity index (χ1v) is 10.5. The third-order valence-corrected chi connectivity index (χ3v) is 6.47. The van der Waals surface area contributed by atoms with Crippen LogP contribution in [-0.2, 0) is 16.1 Å². The lowest BCUT2D eigenvalue weighted by molar-refractivity contribution is -0.149. The molecule has 0 aliphatic carbocycles. The fourth-order valence-corrected chi connectivity index (χ4v) is 5.10. The summed E-state index contributed by atoms with van der Waals surface area (Å²) in [5.41, 5.74) is 1.86. The Morgan fingerprint density at radius 2 is 2.04 bits per heavy atom. The molecule has 1 aliphatic heterocycles. The average molecular weight is 427 g/mol. The predicted octanol–water partition coefficient (Wildman–Crippen LogP) is 4.29. The van der Waals surface area contributed by atoms with Gasteiger partial charge in [0.15, 0.2) is 0 Å². The Kier molecular flexibility index (Phi) is 5.84. The fraction of sp³-hybridized carbons (Fsp3) is 0.556. The molecule has 1 aliphatic rings. The molecule has 3 rings (SSSR count). The van der Waals surface area contributed by atoms with Crippen LogP contribution in [-0.4, -0.2) is 41.0 Å². The molecule has 5 nitrogen and oxygen atoms in total. The zero-order valence-electron chi connectivity index (χ0n) is 14.6. The number of amides is 1. The lowest BCUT2D eigenvalue weighted by Crippen LogP contribution is -2.41. The summed E-state index contributed by atoms with van der Waals surface area (Å²) in [5, 5.41) is 2.07. The zero-order valence-corrected chi connectivity index (χ0v) is 17.0. The van der Waals surface area contributed by atoms with Gasteiger partial charge in [-0.05, 0) is 48.2 Å². The van der Waals surface area contributed by atoms with Crippen LogP contribution in [0.4, 0.5) is 0 Å². The van der Waals surface area contributed by atoms with Gasteiger partial charge in [0.2, 0.25) is 0 Å². The molecule has 3 heterocycles. The summed E-state index contributed by atoms with van der Waals surface area (Å²) in [5.74, 6) is -0.150. The van der Waals surface area contributed by atoms with Gasteiger partial charge in [-0.1, -0.05) is 6.92 Å². The number of thiophene rings is 1. The molecular weight excluding hydrogens is 404 g/mol. The normalized spacial score (nSPS) is 15.7. The van der Waals surface area contributed by atoms with Crippen molar-refractivity contribution in [1.29, 1.82) is 0 Å². The number of hydrogen-bond acceptors (Lipinski definition) is 4. The number of carbonyl (C=O) groups excluding carboxylic acids is 2. The van der Waals surface area contributed by atoms with Gasteiger partial charge in [-0.25, -0.2) is 0 Å². The van der Waals surface area contributed by atoms with Crippen LogP contribution >= 0.6 is 27.3 Å². The topological polar surface area (TPSA) is 51.5 Å². The summed E-state index contributed by atoms with van der Waals surface area (Å²) in [6.07, 6.45) is 2.32. The van der Waals surface area contributed by atoms with E-state index in [-0.39, 0.29) is 17.8 Å². The van der Waals surface area contributed by atoms with Gasteiger partial charge in [0.25, 0.3) is 5.91 Å². The SMILES string of the molecule is CCCn1c(C(=O)N2CCC(C(=O)OCC)CC2)cc2scc(Br)c21. The van der Waals surface area contributed by atoms with E-state index in [0.717, 1.165) is 33.3 Å². The Bertz CT molecular complexity index is 775. The second-order valence-electron chi connectivity index (χ2n) is 6.30. The maximum absolute atomic E-state index is 13.1. The van der Waals surface area contributed by atoms with E-state index >= 15 is 0 Å². The van der Waals surface area contributed by atoms with Gasteiger partial charge in [-0.3, -0.25) is 9.59 Å². The maximum atomic E-state index is 13.1. The number of halogens is 1. The Hall–Kier alpha value is -1.34. The molecule has 25 heavy (non-hydrogen) atoms. The highest BCUT2D eigenvalue weighted by atomic mass is 79.9. The molecular formula is C18H23BrN2O3S. The number of hydrogen-bond donors (Lipinski definition) is 0. The van der Waals surface area contributed by atoms with Crippen molar-refractivity contribution >= 4 is 49.4 Å². The molecule has 0 unspecified atom stereocenters. The molecule has 136 valence electrons. The number of esters is 1. The number of nitrogens with zero attached hydrogens (tertiary/aromatic N) is 2. The summed E-state index contributed by atoms with van der Waals surface area (Å²) in [7, 11) is 0. The Balaban J connectivity index is 1.77. The smallest absolute Gasteiger partial charge is 0.309 e. The van der Waals surface area contributed by atoms with Gasteiger partial charge in [-0.2, -0.15) is 0 Å². The van der Waals surface area contributed by atoms with E-state index in [9.17, 15) is 9.59 Å². The number of piperidine rings is 1. The molecule has 2 aromatic rings. The van der Waals surface area contributed by atoms with E-state index in [2.05, 4.69) is 32.8 Å². The lowest BCUT2D eigenvalue weighted by Gasteiger charge is -2.31. The van der Waals surface area contributed by atoms with Crippen molar-refractivity contribution in [3.05, 3.63) is 21.6 Å². The minimum absolute atomic E-state index is 0.0612. The summed E-state index contributed by atoms with van der Waals surface area (Å²) in [4.78, 5) is 26.8. The van der Waals surface area contributed by atoms with E-state index in [0.29, 0.717) is 32.5 Å². The molecule has 0 saturated carbocycles. The first-order valence-electron chi connectivity index (χ1n) is 8.78. The van der Waals surface area contributed by atoms with Gasteiger partial charge < -0.3 is 14.2 Å². The highest BCUT2D eigenvalue weighted by Gasteiger charge is 2.30. The van der Waals surface area contributed by atoms with Crippen molar-refractivity contribution < 1.29 is 14.3 Å². The van der Waals surface area contributed by atoms with Crippen molar-refractivity contribution in [2.24, 2.45) is 5.92 Å². The minimum Gasteiger partial charge on any atom is -0.466 e. The number of aryl methyl sites for hydroxylation is 1. The number of fused-ring (bicyclic) bond motifs is 1. The first-order chi connectivity index (χ1) is 12.1. The van der Waals surface area contributed by atoms with Gasteiger partial charge in [0, 0.05) is 25.0 Å². The summed E-state index contributed by atoms with van der Waals surface area (Å²) < 4.78 is 9.40. The highest BCUT2D eigenvalue weighted by molar-refractivity contribution is 9.10. The van der Waals surface area contributed by atoms with E-state index in [1.807, 2.05) is 17.9 Å². The third-order valence-electron chi connectivity index (χ3n) is 4.65. The standard InChI is InChI=1S/C18H23BrN2O3S/c1-3-7-21-14(10-15-16(21)13(19)11-25-15)17(22)20-8-5-12(6-9-20)18(23)24-4-2/h10-12H,3-9H2,1-2H3. The molecule has 2 aromatic heterocycles. The van der Waals surface area contributed by atoms with Gasteiger partial charge in [0.1, 0.15) is 5.69 Å². The van der Waals surface area contributed by atoms with E-state index in [1.165, 1.54) is 0 Å². The van der Waals surface area contributed by atoms with E-state index < -0.39 is 0 Å². The summed E-state index contributed by atoms with van der Waals surface area (Å²) in [6, 6.07) is 2.00.